The Kier molecular flexibility index (Phi) is 6.83. The van der Waals surface area contributed by atoms with Crippen molar-refractivity contribution < 1.29 is 26.0 Å². The molecule has 0 fully saturated rings. The number of ether oxygens (including phenoxy) is 1. The first-order chi connectivity index (χ1) is 19.3. The Hall–Kier alpha value is -4.12. The molecular weight excluding hydrogens is 548 g/mol. The third kappa shape index (κ3) is 5.08. The normalized spacial score (nSPS) is 14.1. The van der Waals surface area contributed by atoms with Crippen LogP contribution in [0.4, 0.5) is 5.69 Å². The van der Waals surface area contributed by atoms with Crippen molar-refractivity contribution in [1.82, 2.24) is 4.31 Å². The quantitative estimate of drug-likeness (QED) is 0.260. The van der Waals surface area contributed by atoms with Crippen LogP contribution in [-0.2, 0) is 39.6 Å². The molecule has 40 heavy (non-hydrogen) atoms. The van der Waals surface area contributed by atoms with Gasteiger partial charge < -0.3 is 9.15 Å². The number of anilines is 1. The molecule has 0 aliphatic carbocycles. The lowest BCUT2D eigenvalue weighted by Gasteiger charge is -2.25. The van der Waals surface area contributed by atoms with Crippen LogP contribution in [-0.4, -0.2) is 27.7 Å². The summed E-state index contributed by atoms with van der Waals surface area (Å²) in [6, 6.07) is 29.3. The molecule has 0 radical (unpaired) electrons. The van der Waals surface area contributed by atoms with Crippen LogP contribution in [0.1, 0.15) is 16.9 Å². The van der Waals surface area contributed by atoms with Crippen LogP contribution in [0.2, 0.25) is 0 Å². The molecule has 0 amide bonds. The maximum absolute atomic E-state index is 13.3. The molecule has 0 unspecified atom stereocenters. The molecule has 204 valence electrons. The Balaban J connectivity index is 1.39. The molecule has 0 atom stereocenters. The number of hydrogen-bond acceptors (Lipinski definition) is 6. The second-order valence-electron chi connectivity index (χ2n) is 9.45. The van der Waals surface area contributed by atoms with Gasteiger partial charge in [0.2, 0.25) is 10.0 Å². The lowest BCUT2D eigenvalue weighted by atomic mass is 10.0. The Bertz CT molecular complexity index is 1870. The van der Waals surface area contributed by atoms with E-state index in [4.69, 9.17) is 9.15 Å². The first kappa shape index (κ1) is 26.1. The van der Waals surface area contributed by atoms with Gasteiger partial charge in [-0.05, 0) is 42.3 Å². The summed E-state index contributed by atoms with van der Waals surface area (Å²) in [5.41, 5.74) is 2.53. The van der Waals surface area contributed by atoms with Gasteiger partial charge in [0.25, 0.3) is 10.0 Å². The number of nitrogens with one attached hydrogen (secondary N) is 1. The van der Waals surface area contributed by atoms with Crippen molar-refractivity contribution in [3.63, 3.8) is 0 Å². The minimum absolute atomic E-state index is 0.0600. The number of furan rings is 1. The van der Waals surface area contributed by atoms with Gasteiger partial charge in [-0.2, -0.15) is 4.31 Å². The SMILES string of the molecule is O=S(=O)(Nc1cc(OCc2ccccc2)c2oc3c(c2c1)CCN(S(=O)(=O)c1ccccc1)C3)c1ccccc1. The molecule has 2 heterocycles. The number of fused-ring (bicyclic) bond motifs is 3. The van der Waals surface area contributed by atoms with E-state index in [0.717, 1.165) is 11.1 Å². The van der Waals surface area contributed by atoms with Crippen molar-refractivity contribution in [2.45, 2.75) is 29.4 Å². The van der Waals surface area contributed by atoms with E-state index >= 15 is 0 Å². The average molecular weight is 575 g/mol. The molecule has 1 aliphatic rings. The molecule has 1 N–H and O–H groups in total. The molecule has 1 aliphatic heterocycles. The van der Waals surface area contributed by atoms with E-state index in [1.807, 2.05) is 30.3 Å². The van der Waals surface area contributed by atoms with Gasteiger partial charge in [-0.25, -0.2) is 16.8 Å². The molecule has 0 bridgehead atoms. The van der Waals surface area contributed by atoms with E-state index in [1.165, 1.54) is 16.4 Å². The van der Waals surface area contributed by atoms with Gasteiger partial charge >= 0.3 is 0 Å². The van der Waals surface area contributed by atoms with Gasteiger partial charge in [0.05, 0.1) is 22.0 Å². The van der Waals surface area contributed by atoms with Gasteiger partial charge in [0.15, 0.2) is 11.3 Å². The first-order valence-corrected chi connectivity index (χ1v) is 15.6. The predicted molar refractivity (Wildman–Crippen MR) is 152 cm³/mol. The summed E-state index contributed by atoms with van der Waals surface area (Å²) < 4.78 is 69.2. The second kappa shape index (κ2) is 10.5. The fraction of sp³-hybridized carbons (Fsp3) is 0.133. The summed E-state index contributed by atoms with van der Waals surface area (Å²) >= 11 is 0. The number of sulfonamides is 2. The van der Waals surface area contributed by atoms with Crippen LogP contribution in [0, 0.1) is 0 Å². The fourth-order valence-electron chi connectivity index (χ4n) is 4.81. The smallest absolute Gasteiger partial charge is 0.261 e. The van der Waals surface area contributed by atoms with E-state index in [0.29, 0.717) is 34.6 Å². The summed E-state index contributed by atoms with van der Waals surface area (Å²) in [5.74, 6) is 0.868. The molecule has 6 rings (SSSR count). The molecule has 1 aromatic heterocycles. The lowest BCUT2D eigenvalue weighted by molar-refractivity contribution is 0.302. The molecule has 10 heteroatoms. The molecular formula is C30H26N2O6S2. The largest absolute Gasteiger partial charge is 0.485 e. The van der Waals surface area contributed by atoms with Crippen molar-refractivity contribution in [2.75, 3.05) is 11.3 Å². The number of benzene rings is 4. The van der Waals surface area contributed by atoms with E-state index in [2.05, 4.69) is 4.72 Å². The molecule has 8 nitrogen and oxygen atoms in total. The molecule has 0 saturated heterocycles. The zero-order valence-electron chi connectivity index (χ0n) is 21.4. The Morgan fingerprint density at radius 1 is 0.800 bits per heavy atom. The highest BCUT2D eigenvalue weighted by Crippen LogP contribution is 2.40. The minimum Gasteiger partial charge on any atom is -0.485 e. The van der Waals surface area contributed by atoms with Crippen LogP contribution in [0.25, 0.3) is 11.0 Å². The predicted octanol–water partition coefficient (Wildman–Crippen LogP) is 5.56. The summed E-state index contributed by atoms with van der Waals surface area (Å²) in [7, 11) is -7.56. The first-order valence-electron chi connectivity index (χ1n) is 12.7. The van der Waals surface area contributed by atoms with Crippen molar-refractivity contribution in [2.24, 2.45) is 0 Å². The van der Waals surface area contributed by atoms with Crippen molar-refractivity contribution in [1.29, 1.82) is 0 Å². The standard InChI is InChI=1S/C30H26N2O6S2/c33-39(34,24-12-6-2-7-13-24)31-23-18-27-26-16-17-32(40(35,36)25-14-8-3-9-15-25)20-29(26)38-30(27)28(19-23)37-21-22-10-4-1-5-11-22/h1-15,18-19,31H,16-17,20-21H2. The van der Waals surface area contributed by atoms with Crippen LogP contribution in [0.5, 0.6) is 5.75 Å². The maximum Gasteiger partial charge on any atom is 0.261 e. The number of hydrogen-bond donors (Lipinski definition) is 1. The van der Waals surface area contributed by atoms with E-state index in [9.17, 15) is 16.8 Å². The summed E-state index contributed by atoms with van der Waals surface area (Å²) in [6.07, 6.45) is 0.404. The topological polar surface area (TPSA) is 106 Å². The van der Waals surface area contributed by atoms with Crippen LogP contribution >= 0.6 is 0 Å². The van der Waals surface area contributed by atoms with Crippen molar-refractivity contribution in [3.05, 3.63) is 120 Å². The van der Waals surface area contributed by atoms with Crippen LogP contribution in [0.3, 0.4) is 0 Å². The van der Waals surface area contributed by atoms with Gasteiger partial charge in [-0.1, -0.05) is 66.7 Å². The monoisotopic (exact) mass is 574 g/mol. The lowest BCUT2D eigenvalue weighted by Crippen LogP contribution is -2.35. The molecule has 5 aromatic rings. The maximum atomic E-state index is 13.3. The fourth-order valence-corrected chi connectivity index (χ4v) is 7.29. The van der Waals surface area contributed by atoms with Gasteiger partial charge in [-0.3, -0.25) is 4.72 Å². The molecule has 4 aromatic carbocycles. The molecule has 0 spiro atoms. The zero-order valence-corrected chi connectivity index (χ0v) is 23.0. The van der Waals surface area contributed by atoms with Gasteiger partial charge in [-0.15, -0.1) is 0 Å². The highest BCUT2D eigenvalue weighted by atomic mass is 32.2. The zero-order chi connectivity index (χ0) is 27.7. The highest BCUT2D eigenvalue weighted by molar-refractivity contribution is 7.92. The Labute approximate surface area is 232 Å². The van der Waals surface area contributed by atoms with Gasteiger partial charge in [0, 0.05) is 23.6 Å². The van der Waals surface area contributed by atoms with Gasteiger partial charge in [0.1, 0.15) is 12.4 Å². The van der Waals surface area contributed by atoms with Crippen molar-refractivity contribution >= 4 is 36.7 Å². The van der Waals surface area contributed by atoms with Crippen LogP contribution < -0.4 is 9.46 Å². The van der Waals surface area contributed by atoms with E-state index in [-0.39, 0.29) is 29.5 Å². The minimum atomic E-state index is -3.85. The second-order valence-corrected chi connectivity index (χ2v) is 13.1. The number of nitrogens with zero attached hydrogens (tertiary/aromatic N) is 1. The third-order valence-corrected chi connectivity index (χ3v) is 10.1. The molecule has 0 saturated carbocycles. The summed E-state index contributed by atoms with van der Waals surface area (Å²) in [6.45, 7) is 0.564. The number of rotatable bonds is 8. The van der Waals surface area contributed by atoms with Crippen molar-refractivity contribution in [3.8, 4) is 5.75 Å². The van der Waals surface area contributed by atoms with E-state index < -0.39 is 20.0 Å². The Morgan fingerprint density at radius 3 is 2.10 bits per heavy atom. The Morgan fingerprint density at radius 2 is 1.43 bits per heavy atom. The van der Waals surface area contributed by atoms with E-state index in [1.54, 1.807) is 60.7 Å². The highest BCUT2D eigenvalue weighted by Gasteiger charge is 2.32. The summed E-state index contributed by atoms with van der Waals surface area (Å²) in [4.78, 5) is 0.358. The average Bonchev–Trinajstić information content (AvgIpc) is 3.35. The third-order valence-electron chi connectivity index (χ3n) is 6.80. The van der Waals surface area contributed by atoms with Crippen LogP contribution in [0.15, 0.2) is 117 Å². The summed E-state index contributed by atoms with van der Waals surface area (Å²) in [5, 5.41) is 0.683.